The predicted molar refractivity (Wildman–Crippen MR) is 84.3 cm³/mol. The average Bonchev–Trinajstić information content (AvgIpc) is 2.62. The number of aromatic nitrogens is 2. The van der Waals surface area contributed by atoms with Gasteiger partial charge in [-0.05, 0) is 51.0 Å². The lowest BCUT2D eigenvalue weighted by Crippen LogP contribution is -2.42. The van der Waals surface area contributed by atoms with Crippen LogP contribution >= 0.6 is 0 Å². The molecule has 0 fully saturated rings. The molecule has 2 aliphatic rings. The summed E-state index contributed by atoms with van der Waals surface area (Å²) in [6, 6.07) is 3.90. The molecule has 4 rings (SSSR count). The molecule has 0 spiro atoms. The molecule has 0 saturated heterocycles. The number of hydroxylamine groups is 2. The van der Waals surface area contributed by atoms with Gasteiger partial charge in [-0.1, -0.05) is 0 Å². The van der Waals surface area contributed by atoms with Crippen LogP contribution in [0.25, 0.3) is 0 Å². The van der Waals surface area contributed by atoms with Gasteiger partial charge in [0.2, 0.25) is 0 Å². The number of rotatable bonds is 0. The number of fused-ring (bicyclic) bond motifs is 3. The molecule has 0 amide bonds. The number of hydrogen-bond acceptors (Lipinski definition) is 6. The largest absolute Gasteiger partial charge is 0.450 e. The van der Waals surface area contributed by atoms with Gasteiger partial charge < -0.3 is 15.3 Å². The molecule has 2 aromatic rings. The molecule has 0 atom stereocenters. The van der Waals surface area contributed by atoms with Crippen LogP contribution in [0.15, 0.2) is 23.1 Å². The summed E-state index contributed by atoms with van der Waals surface area (Å²) in [7, 11) is 0. The molecule has 23 heavy (non-hydrogen) atoms. The van der Waals surface area contributed by atoms with Crippen molar-refractivity contribution in [3.63, 3.8) is 0 Å². The molecule has 3 N–H and O–H groups in total. The van der Waals surface area contributed by atoms with Crippen LogP contribution in [-0.2, 0) is 11.1 Å². The van der Waals surface area contributed by atoms with Crippen LogP contribution in [0.1, 0.15) is 38.8 Å². The molecule has 0 unspecified atom stereocenters. The highest BCUT2D eigenvalue weighted by Gasteiger charge is 2.49. The summed E-state index contributed by atoms with van der Waals surface area (Å²) in [6.45, 7) is 7.87. The predicted octanol–water partition coefficient (Wildman–Crippen LogP) is 2.79. The Bertz CT molecular complexity index is 885. The van der Waals surface area contributed by atoms with Crippen molar-refractivity contribution < 1.29 is 9.94 Å². The van der Waals surface area contributed by atoms with Gasteiger partial charge in [0.25, 0.3) is 0 Å². The Morgan fingerprint density at radius 3 is 2.48 bits per heavy atom. The Morgan fingerprint density at radius 2 is 1.78 bits per heavy atom. The molecule has 0 saturated carbocycles. The van der Waals surface area contributed by atoms with Gasteiger partial charge in [0.1, 0.15) is 0 Å². The summed E-state index contributed by atoms with van der Waals surface area (Å²) in [5, 5.41) is 15.1. The molecule has 3 heterocycles. The van der Waals surface area contributed by atoms with E-state index in [0.29, 0.717) is 17.3 Å². The molecule has 0 bridgehead atoms. The maximum absolute atomic E-state index is 11.4. The van der Waals surface area contributed by atoms with Gasteiger partial charge in [0.15, 0.2) is 17.3 Å². The molecule has 0 radical (unpaired) electrons. The van der Waals surface area contributed by atoms with Crippen molar-refractivity contribution in [2.75, 3.05) is 5.32 Å². The lowest BCUT2D eigenvalue weighted by molar-refractivity contribution is -0.216. The number of benzene rings is 1. The molecule has 120 valence electrons. The van der Waals surface area contributed by atoms with E-state index in [9.17, 15) is 10.0 Å². The van der Waals surface area contributed by atoms with Crippen LogP contribution in [0.2, 0.25) is 0 Å². The molecule has 2 aliphatic heterocycles. The summed E-state index contributed by atoms with van der Waals surface area (Å²) >= 11 is 0. The summed E-state index contributed by atoms with van der Waals surface area (Å²) in [5.74, 6) is 1.59. The maximum atomic E-state index is 11.4. The maximum Gasteiger partial charge on any atom is 0.346 e. The number of anilines is 2. The van der Waals surface area contributed by atoms with Crippen molar-refractivity contribution in [1.82, 2.24) is 15.0 Å². The van der Waals surface area contributed by atoms with Gasteiger partial charge in [0, 0.05) is 0 Å². The van der Waals surface area contributed by atoms with Crippen molar-refractivity contribution in [2.24, 2.45) is 0 Å². The minimum atomic E-state index is -0.527. The van der Waals surface area contributed by atoms with E-state index >= 15 is 0 Å². The first kappa shape index (κ1) is 14.2. The van der Waals surface area contributed by atoms with Crippen LogP contribution in [0, 0.1) is 0 Å². The quantitative estimate of drug-likeness (QED) is 0.591. The Morgan fingerprint density at radius 1 is 1.13 bits per heavy atom. The molecule has 0 aliphatic carbocycles. The summed E-state index contributed by atoms with van der Waals surface area (Å²) in [5.41, 5.74) is 1.28. The highest BCUT2D eigenvalue weighted by molar-refractivity contribution is 5.74. The minimum absolute atomic E-state index is 0.438. The first-order chi connectivity index (χ1) is 10.7. The van der Waals surface area contributed by atoms with E-state index in [0.717, 1.165) is 16.8 Å². The zero-order chi connectivity index (χ0) is 16.6. The number of H-pyrrole nitrogens is 1. The second-order valence-electron chi connectivity index (χ2n) is 6.98. The van der Waals surface area contributed by atoms with Gasteiger partial charge in [-0.2, -0.15) is 10.0 Å². The molecular weight excluding hydrogens is 296 g/mol. The lowest BCUT2D eigenvalue weighted by atomic mass is 9.89. The van der Waals surface area contributed by atoms with Crippen LogP contribution in [0.5, 0.6) is 11.5 Å². The molecular formula is C16H18N4O3. The van der Waals surface area contributed by atoms with Gasteiger partial charge in [0.05, 0.1) is 23.0 Å². The fourth-order valence-corrected chi connectivity index (χ4v) is 3.51. The van der Waals surface area contributed by atoms with Gasteiger partial charge >= 0.3 is 5.69 Å². The van der Waals surface area contributed by atoms with Crippen molar-refractivity contribution in [1.29, 1.82) is 0 Å². The number of hydrogen-bond donors (Lipinski definition) is 3. The second-order valence-corrected chi connectivity index (χ2v) is 6.98. The number of ether oxygens (including phenoxy) is 1. The standard InChI is InChI=1S/C16H18N4O3/c1-15(2)8-5-10-11(6-9(8)16(3,4)20(15)22)23-12-7-17-14(21)19-13(12)18-10/h5-7,22H,1-4H3,(H2,17,18,19,21). The Balaban J connectivity index is 1.90. The first-order valence-electron chi connectivity index (χ1n) is 7.43. The fourth-order valence-electron chi connectivity index (χ4n) is 3.51. The highest BCUT2D eigenvalue weighted by Crippen LogP contribution is 2.52. The average molecular weight is 314 g/mol. The van der Waals surface area contributed by atoms with Crippen molar-refractivity contribution >= 4 is 11.5 Å². The number of aromatic amines is 1. The Labute approximate surface area is 132 Å². The first-order valence-corrected chi connectivity index (χ1v) is 7.43. The third-order valence-electron chi connectivity index (χ3n) is 4.75. The molecule has 7 heteroatoms. The van der Waals surface area contributed by atoms with Gasteiger partial charge in [-0.3, -0.25) is 4.98 Å². The van der Waals surface area contributed by atoms with Gasteiger partial charge in [-0.25, -0.2) is 4.79 Å². The lowest BCUT2D eigenvalue weighted by Gasteiger charge is -2.34. The smallest absolute Gasteiger partial charge is 0.346 e. The third kappa shape index (κ3) is 1.77. The summed E-state index contributed by atoms with van der Waals surface area (Å²) in [6.07, 6.45) is 1.39. The normalized spacial score (nSPS) is 20.0. The second kappa shape index (κ2) is 4.12. The molecule has 1 aromatic heterocycles. The van der Waals surface area contributed by atoms with Crippen molar-refractivity contribution in [3.05, 3.63) is 39.9 Å². The van der Waals surface area contributed by atoms with E-state index in [-0.39, 0.29) is 0 Å². The fraction of sp³-hybridized carbons (Fsp3) is 0.375. The summed E-state index contributed by atoms with van der Waals surface area (Å²) < 4.78 is 5.86. The van der Waals surface area contributed by atoms with E-state index in [2.05, 4.69) is 15.3 Å². The zero-order valence-electron chi connectivity index (χ0n) is 13.4. The number of nitrogens with one attached hydrogen (secondary N) is 2. The molecule has 7 nitrogen and oxygen atoms in total. The Hall–Kier alpha value is -2.38. The van der Waals surface area contributed by atoms with Crippen LogP contribution in [0.4, 0.5) is 11.5 Å². The van der Waals surface area contributed by atoms with Gasteiger partial charge in [-0.15, -0.1) is 0 Å². The van der Waals surface area contributed by atoms with E-state index in [1.165, 1.54) is 11.3 Å². The SMILES string of the molecule is CC1(C)c2cc3c(cc2C(C)(C)N1O)Oc1cnc(=O)[nH]c1N3. The van der Waals surface area contributed by atoms with E-state index in [4.69, 9.17) is 4.74 Å². The van der Waals surface area contributed by atoms with E-state index < -0.39 is 16.8 Å². The number of nitrogens with zero attached hydrogens (tertiary/aromatic N) is 2. The van der Waals surface area contributed by atoms with Crippen molar-refractivity contribution in [2.45, 2.75) is 38.8 Å². The van der Waals surface area contributed by atoms with E-state index in [1.807, 2.05) is 39.8 Å². The van der Waals surface area contributed by atoms with Crippen LogP contribution < -0.4 is 15.7 Å². The van der Waals surface area contributed by atoms with E-state index in [1.54, 1.807) is 0 Å². The van der Waals surface area contributed by atoms with Crippen molar-refractivity contribution in [3.8, 4) is 11.5 Å². The summed E-state index contributed by atoms with van der Waals surface area (Å²) in [4.78, 5) is 17.7. The topological polar surface area (TPSA) is 90.5 Å². The molecule has 1 aromatic carbocycles. The Kier molecular flexibility index (Phi) is 2.55. The van der Waals surface area contributed by atoms with Crippen LogP contribution in [-0.4, -0.2) is 20.2 Å². The monoisotopic (exact) mass is 314 g/mol. The zero-order valence-corrected chi connectivity index (χ0v) is 13.4. The minimum Gasteiger partial charge on any atom is -0.450 e. The third-order valence-corrected chi connectivity index (χ3v) is 4.75. The van der Waals surface area contributed by atoms with Crippen LogP contribution in [0.3, 0.4) is 0 Å². The highest BCUT2D eigenvalue weighted by atomic mass is 16.5.